The van der Waals surface area contributed by atoms with Crippen molar-refractivity contribution in [2.45, 2.75) is 44.4 Å². The highest BCUT2D eigenvalue weighted by Crippen LogP contribution is 2.32. The third-order valence-electron chi connectivity index (χ3n) is 5.26. The van der Waals surface area contributed by atoms with Gasteiger partial charge in [-0.25, -0.2) is 0 Å². The smallest absolute Gasteiger partial charge is 0.233 e. The molecule has 0 bridgehead atoms. The van der Waals surface area contributed by atoms with Crippen LogP contribution < -0.4 is 25.4 Å². The molecule has 2 aromatic rings. The van der Waals surface area contributed by atoms with Crippen LogP contribution in [0, 0.1) is 0 Å². The fraction of sp³-hybridized carbons (Fsp3) is 0.429. The normalized spacial score (nSPS) is 22.3. The summed E-state index contributed by atoms with van der Waals surface area (Å²) in [6, 6.07) is 9.97. The Hall–Kier alpha value is -2.94. The molecule has 158 valence electrons. The first-order chi connectivity index (χ1) is 14.5. The van der Waals surface area contributed by atoms with Gasteiger partial charge in [0.2, 0.25) is 11.8 Å². The molecule has 9 heteroatoms. The second kappa shape index (κ2) is 8.83. The number of thiocarbonyl (C=S) groups is 1. The predicted molar refractivity (Wildman–Crippen MR) is 117 cm³/mol. The van der Waals surface area contributed by atoms with Gasteiger partial charge in [-0.15, -0.1) is 10.2 Å². The highest BCUT2D eigenvalue weighted by atomic mass is 32.1. The zero-order valence-corrected chi connectivity index (χ0v) is 17.8. The van der Waals surface area contributed by atoms with Crippen molar-refractivity contribution in [2.75, 3.05) is 13.7 Å². The number of rotatable bonds is 6. The Morgan fingerprint density at radius 3 is 2.90 bits per heavy atom. The fourth-order valence-electron chi connectivity index (χ4n) is 3.83. The van der Waals surface area contributed by atoms with Crippen molar-refractivity contribution in [2.24, 2.45) is 0 Å². The molecule has 4 rings (SSSR count). The third kappa shape index (κ3) is 4.79. The van der Waals surface area contributed by atoms with E-state index in [4.69, 9.17) is 21.7 Å². The molecule has 3 N–H and O–H groups in total. The topological polar surface area (TPSA) is 97.4 Å². The standard InChI is InChI=1S/C21H25N5O3S/c1-12-7-15(24-21(30)23-12)10-19(27)22-11-16-9-14-8-13(3-5-18(14)29-16)17-4-6-20(28-2)26-25-17/h3-6,8,12,15-16H,7,9-11H2,1-2H3,(H,22,27)(H2,23,24,30). The van der Waals surface area contributed by atoms with Crippen LogP contribution in [0.4, 0.5) is 0 Å². The van der Waals surface area contributed by atoms with Gasteiger partial charge < -0.3 is 25.4 Å². The molecule has 3 heterocycles. The quantitative estimate of drug-likeness (QED) is 0.598. The number of carbonyl (C=O) groups excluding carboxylic acids is 1. The molecule has 0 radical (unpaired) electrons. The molecule has 8 nitrogen and oxygen atoms in total. The van der Waals surface area contributed by atoms with Gasteiger partial charge in [-0.3, -0.25) is 4.79 Å². The molecular weight excluding hydrogens is 402 g/mol. The summed E-state index contributed by atoms with van der Waals surface area (Å²) in [7, 11) is 1.56. The molecule has 2 aliphatic rings. The largest absolute Gasteiger partial charge is 0.488 e. The van der Waals surface area contributed by atoms with Crippen molar-refractivity contribution in [1.29, 1.82) is 0 Å². The number of methoxy groups -OCH3 is 1. The highest BCUT2D eigenvalue weighted by molar-refractivity contribution is 7.80. The van der Waals surface area contributed by atoms with Crippen LogP contribution in [0.2, 0.25) is 0 Å². The van der Waals surface area contributed by atoms with E-state index in [2.05, 4.69) is 39.1 Å². The van der Waals surface area contributed by atoms with E-state index in [9.17, 15) is 4.79 Å². The second-order valence-corrected chi connectivity index (χ2v) is 8.10. The number of hydrogen-bond acceptors (Lipinski definition) is 6. The lowest BCUT2D eigenvalue weighted by molar-refractivity contribution is -0.121. The molecular formula is C21H25N5O3S. The molecule has 30 heavy (non-hydrogen) atoms. The van der Waals surface area contributed by atoms with Crippen molar-refractivity contribution < 1.29 is 14.3 Å². The van der Waals surface area contributed by atoms with Crippen molar-refractivity contribution in [1.82, 2.24) is 26.1 Å². The summed E-state index contributed by atoms with van der Waals surface area (Å²) in [5, 5.41) is 18.1. The number of nitrogens with zero attached hydrogens (tertiary/aromatic N) is 2. The van der Waals surface area contributed by atoms with Gasteiger partial charge in [0.05, 0.1) is 19.3 Å². The highest BCUT2D eigenvalue weighted by Gasteiger charge is 2.26. The molecule has 1 amide bonds. The van der Waals surface area contributed by atoms with Crippen molar-refractivity contribution in [3.8, 4) is 22.9 Å². The van der Waals surface area contributed by atoms with Crippen molar-refractivity contribution >= 4 is 23.2 Å². The average Bonchev–Trinajstić information content (AvgIpc) is 3.14. The summed E-state index contributed by atoms with van der Waals surface area (Å²) >= 11 is 5.17. The number of benzene rings is 1. The third-order valence-corrected chi connectivity index (χ3v) is 5.49. The summed E-state index contributed by atoms with van der Waals surface area (Å²) in [4.78, 5) is 12.3. The first kappa shape index (κ1) is 20.3. The van der Waals surface area contributed by atoms with Gasteiger partial charge in [0.25, 0.3) is 0 Å². The van der Waals surface area contributed by atoms with Crippen LogP contribution in [0.3, 0.4) is 0 Å². The van der Waals surface area contributed by atoms with E-state index >= 15 is 0 Å². The molecule has 3 unspecified atom stereocenters. The molecule has 2 aliphatic heterocycles. The minimum atomic E-state index is -0.0814. The van der Waals surface area contributed by atoms with Gasteiger partial charge in [-0.05, 0) is 55.4 Å². The Balaban J connectivity index is 1.30. The maximum atomic E-state index is 12.3. The molecule has 1 aromatic carbocycles. The average molecular weight is 428 g/mol. The van der Waals surface area contributed by atoms with E-state index in [0.29, 0.717) is 24.0 Å². The lowest BCUT2D eigenvalue weighted by Gasteiger charge is -2.30. The second-order valence-electron chi connectivity index (χ2n) is 7.69. The first-order valence-electron chi connectivity index (χ1n) is 10.0. The van der Waals surface area contributed by atoms with E-state index in [1.165, 1.54) is 0 Å². The SMILES string of the molecule is COc1ccc(-c2ccc3c(c2)CC(CNC(=O)CC2CC(C)NC(=S)N2)O3)nn1. The number of amides is 1. The summed E-state index contributed by atoms with van der Waals surface area (Å²) in [6.07, 6.45) is 1.91. The lowest BCUT2D eigenvalue weighted by atomic mass is 10.0. The lowest BCUT2D eigenvalue weighted by Crippen LogP contribution is -2.54. The Morgan fingerprint density at radius 2 is 2.17 bits per heavy atom. The van der Waals surface area contributed by atoms with Gasteiger partial charge in [-0.1, -0.05) is 0 Å². The van der Waals surface area contributed by atoms with E-state index < -0.39 is 0 Å². The van der Waals surface area contributed by atoms with Gasteiger partial charge in [0.15, 0.2) is 5.11 Å². The minimum Gasteiger partial charge on any atom is -0.488 e. The summed E-state index contributed by atoms with van der Waals surface area (Å²) in [6.45, 7) is 2.53. The van der Waals surface area contributed by atoms with E-state index in [0.717, 1.165) is 35.4 Å². The molecule has 0 spiro atoms. The van der Waals surface area contributed by atoms with Crippen LogP contribution in [-0.4, -0.2) is 53.1 Å². The van der Waals surface area contributed by atoms with Crippen LogP contribution in [0.15, 0.2) is 30.3 Å². The summed E-state index contributed by atoms with van der Waals surface area (Å²) < 4.78 is 11.0. The molecule has 1 aromatic heterocycles. The monoisotopic (exact) mass is 427 g/mol. The van der Waals surface area contributed by atoms with Crippen molar-refractivity contribution in [3.05, 3.63) is 35.9 Å². The molecule has 1 saturated heterocycles. The van der Waals surface area contributed by atoms with Gasteiger partial charge in [-0.2, -0.15) is 0 Å². The Labute approximate surface area is 180 Å². The maximum absolute atomic E-state index is 12.3. The number of aromatic nitrogens is 2. The van der Waals surface area contributed by atoms with Gasteiger partial charge in [0, 0.05) is 36.6 Å². The maximum Gasteiger partial charge on any atom is 0.233 e. The number of ether oxygens (including phenoxy) is 2. The zero-order valence-electron chi connectivity index (χ0n) is 17.0. The Kier molecular flexibility index (Phi) is 5.98. The molecule has 0 aliphatic carbocycles. The number of fused-ring (bicyclic) bond motifs is 1. The van der Waals surface area contributed by atoms with E-state index in [1.807, 2.05) is 18.2 Å². The minimum absolute atomic E-state index is 0.00171. The summed E-state index contributed by atoms with van der Waals surface area (Å²) in [5.74, 6) is 1.33. The first-order valence-corrected chi connectivity index (χ1v) is 10.4. The number of nitrogens with one attached hydrogen (secondary N) is 3. The van der Waals surface area contributed by atoms with Crippen LogP contribution in [0.5, 0.6) is 11.6 Å². The molecule has 1 fully saturated rings. The zero-order chi connectivity index (χ0) is 21.1. The fourth-order valence-corrected chi connectivity index (χ4v) is 4.20. The van der Waals surface area contributed by atoms with Crippen LogP contribution in [0.25, 0.3) is 11.3 Å². The molecule has 3 atom stereocenters. The van der Waals surface area contributed by atoms with Gasteiger partial charge in [0.1, 0.15) is 11.9 Å². The summed E-state index contributed by atoms with van der Waals surface area (Å²) in [5.41, 5.74) is 2.85. The van der Waals surface area contributed by atoms with Crippen molar-refractivity contribution in [3.63, 3.8) is 0 Å². The Morgan fingerprint density at radius 1 is 1.30 bits per heavy atom. The molecule has 0 saturated carbocycles. The predicted octanol–water partition coefficient (Wildman–Crippen LogP) is 1.59. The van der Waals surface area contributed by atoms with E-state index in [1.54, 1.807) is 13.2 Å². The Bertz CT molecular complexity index is 937. The van der Waals surface area contributed by atoms with Crippen LogP contribution >= 0.6 is 12.2 Å². The number of hydrogen-bond donors (Lipinski definition) is 3. The van der Waals surface area contributed by atoms with Gasteiger partial charge >= 0.3 is 0 Å². The van der Waals surface area contributed by atoms with E-state index in [-0.39, 0.29) is 24.1 Å². The van der Waals surface area contributed by atoms with Crippen LogP contribution in [0.1, 0.15) is 25.3 Å². The number of carbonyl (C=O) groups is 1. The van der Waals surface area contributed by atoms with Crippen LogP contribution in [-0.2, 0) is 11.2 Å².